The minimum absolute atomic E-state index is 0.0666. The van der Waals surface area contributed by atoms with Gasteiger partial charge in [-0.3, -0.25) is 4.99 Å². The van der Waals surface area contributed by atoms with E-state index in [4.69, 9.17) is 28.7 Å². The number of hydrogen-bond acceptors (Lipinski definition) is 8. The van der Waals surface area contributed by atoms with E-state index in [9.17, 15) is 10.2 Å². The van der Waals surface area contributed by atoms with E-state index in [-0.39, 0.29) is 47.4 Å². The molecule has 5 fully saturated rings. The highest BCUT2D eigenvalue weighted by atomic mass is 16.5. The number of fused-ring (bicyclic) bond motifs is 2. The zero-order valence-electron chi connectivity index (χ0n) is 19.7. The molecule has 2 N–H and O–H groups in total. The number of aliphatic hydroxyl groups is 2. The van der Waals surface area contributed by atoms with Crippen LogP contribution in [0.25, 0.3) is 0 Å². The van der Waals surface area contributed by atoms with Gasteiger partial charge in [-0.05, 0) is 25.2 Å². The van der Waals surface area contributed by atoms with Crippen molar-refractivity contribution in [1.82, 2.24) is 0 Å². The smallest absolute Gasteiger partial charge is 0.143 e. The van der Waals surface area contributed by atoms with Crippen molar-refractivity contribution in [3.63, 3.8) is 0 Å². The van der Waals surface area contributed by atoms with Gasteiger partial charge in [-0.2, -0.15) is 0 Å². The van der Waals surface area contributed by atoms with E-state index in [1.54, 1.807) is 35.5 Å². The van der Waals surface area contributed by atoms with Crippen LogP contribution in [-0.4, -0.2) is 100 Å². The first kappa shape index (κ1) is 21.9. The summed E-state index contributed by atoms with van der Waals surface area (Å²) in [7, 11) is 8.55. The molecule has 13 atom stereocenters. The van der Waals surface area contributed by atoms with Crippen molar-refractivity contribution < 1.29 is 33.9 Å². The SMILES string of the molecule is COC[C@@]12C=NC3[C@]4([C@@H](OC)CC1)[C@@H]1C[C@H]5[C@H](OC)[C@@H]1[C@](O)(C[C@@H]5OC)[C@@]3(O)[C@@H](OC)[C@H]24. The van der Waals surface area contributed by atoms with Crippen molar-refractivity contribution in [2.75, 3.05) is 42.2 Å². The lowest BCUT2D eigenvalue weighted by Gasteiger charge is -2.65. The molecule has 1 heterocycles. The molecule has 6 rings (SSSR count). The summed E-state index contributed by atoms with van der Waals surface area (Å²) in [6.07, 6.45) is 3.90. The van der Waals surface area contributed by atoms with Crippen LogP contribution in [-0.2, 0) is 23.7 Å². The quantitative estimate of drug-likeness (QED) is 0.613. The van der Waals surface area contributed by atoms with Crippen LogP contribution in [0.1, 0.15) is 25.7 Å². The molecular weight excluding hydrogens is 414 g/mol. The average Bonchev–Trinajstić information content (AvgIpc) is 3.18. The Morgan fingerprint density at radius 3 is 2.44 bits per heavy atom. The van der Waals surface area contributed by atoms with Crippen LogP contribution in [0.2, 0.25) is 0 Å². The Morgan fingerprint density at radius 2 is 1.81 bits per heavy atom. The lowest BCUT2D eigenvalue weighted by molar-refractivity contribution is -0.293. The second-order valence-corrected chi connectivity index (χ2v) is 11.2. The predicted molar refractivity (Wildman–Crippen MR) is 115 cm³/mol. The molecule has 5 aliphatic carbocycles. The second kappa shape index (κ2) is 6.74. The molecule has 0 aromatic rings. The third-order valence-electron chi connectivity index (χ3n) is 10.8. The van der Waals surface area contributed by atoms with E-state index in [1.807, 2.05) is 6.21 Å². The van der Waals surface area contributed by atoms with Gasteiger partial charge >= 0.3 is 0 Å². The molecule has 180 valence electrons. The highest BCUT2D eigenvalue weighted by Crippen LogP contribution is 2.79. The minimum atomic E-state index is -1.57. The van der Waals surface area contributed by atoms with Gasteiger partial charge < -0.3 is 33.9 Å². The van der Waals surface area contributed by atoms with Gasteiger partial charge in [0, 0.05) is 76.8 Å². The minimum Gasteiger partial charge on any atom is -0.386 e. The van der Waals surface area contributed by atoms with Crippen LogP contribution in [0.5, 0.6) is 0 Å². The fraction of sp³-hybridized carbons (Fsp3) is 0.958. The molecule has 0 aromatic heterocycles. The predicted octanol–water partition coefficient (Wildman–Crippen LogP) is 0.674. The number of nitrogens with zero attached hydrogens (tertiary/aromatic N) is 1. The first-order valence-electron chi connectivity index (χ1n) is 11.9. The molecule has 0 aromatic carbocycles. The highest BCUT2D eigenvalue weighted by molar-refractivity contribution is 5.72. The van der Waals surface area contributed by atoms with Gasteiger partial charge in [0.15, 0.2) is 0 Å². The van der Waals surface area contributed by atoms with E-state index in [2.05, 4.69) is 0 Å². The van der Waals surface area contributed by atoms with E-state index in [0.717, 1.165) is 19.3 Å². The van der Waals surface area contributed by atoms with Gasteiger partial charge in [-0.15, -0.1) is 0 Å². The molecule has 0 radical (unpaired) electrons. The summed E-state index contributed by atoms with van der Waals surface area (Å²) in [4.78, 5) is 5.08. The average molecular weight is 452 g/mol. The Balaban J connectivity index is 1.65. The zero-order chi connectivity index (χ0) is 22.7. The lowest BCUT2D eigenvalue weighted by Crippen LogP contribution is -2.77. The van der Waals surface area contributed by atoms with Crippen molar-refractivity contribution in [1.29, 1.82) is 0 Å². The van der Waals surface area contributed by atoms with E-state index < -0.39 is 28.8 Å². The summed E-state index contributed by atoms with van der Waals surface area (Å²) < 4.78 is 30.1. The van der Waals surface area contributed by atoms with Gasteiger partial charge in [-0.1, -0.05) is 0 Å². The van der Waals surface area contributed by atoms with Crippen LogP contribution in [0, 0.1) is 34.5 Å². The Bertz CT molecular complexity index is 824. The van der Waals surface area contributed by atoms with Crippen molar-refractivity contribution in [3.8, 4) is 0 Å². The second-order valence-electron chi connectivity index (χ2n) is 11.2. The molecule has 32 heavy (non-hydrogen) atoms. The maximum absolute atomic E-state index is 12.7. The van der Waals surface area contributed by atoms with Crippen molar-refractivity contribution in [2.24, 2.45) is 39.5 Å². The lowest BCUT2D eigenvalue weighted by atomic mass is 9.44. The normalized spacial score (nSPS) is 61.3. The summed E-state index contributed by atoms with van der Waals surface area (Å²) in [5.41, 5.74) is -3.81. The molecule has 6 aliphatic rings. The maximum atomic E-state index is 12.7. The van der Waals surface area contributed by atoms with E-state index in [0.29, 0.717) is 13.0 Å². The molecule has 0 amide bonds. The van der Waals surface area contributed by atoms with E-state index in [1.165, 1.54) is 0 Å². The summed E-state index contributed by atoms with van der Waals surface area (Å²) >= 11 is 0. The molecule has 7 bridgehead atoms. The molecule has 1 aliphatic heterocycles. The summed E-state index contributed by atoms with van der Waals surface area (Å²) in [6.45, 7) is 0.510. The third kappa shape index (κ3) is 1.98. The largest absolute Gasteiger partial charge is 0.386 e. The number of ether oxygens (including phenoxy) is 5. The van der Waals surface area contributed by atoms with Gasteiger partial charge in [-0.25, -0.2) is 0 Å². The van der Waals surface area contributed by atoms with Crippen LogP contribution < -0.4 is 0 Å². The monoisotopic (exact) mass is 451 g/mol. The molecule has 0 saturated heterocycles. The van der Waals surface area contributed by atoms with E-state index >= 15 is 0 Å². The molecule has 8 heteroatoms. The van der Waals surface area contributed by atoms with Crippen LogP contribution in [0.4, 0.5) is 0 Å². The number of rotatable bonds is 6. The maximum Gasteiger partial charge on any atom is 0.143 e. The number of aliphatic imine (C=N–C) groups is 1. The Kier molecular flexibility index (Phi) is 4.61. The third-order valence-corrected chi connectivity index (χ3v) is 10.8. The first-order chi connectivity index (χ1) is 15.4. The fourth-order valence-corrected chi connectivity index (χ4v) is 10.2. The molecule has 5 saturated carbocycles. The Hall–Kier alpha value is -0.610. The number of methoxy groups -OCH3 is 5. The highest BCUT2D eigenvalue weighted by Gasteiger charge is 2.90. The van der Waals surface area contributed by atoms with Crippen LogP contribution >= 0.6 is 0 Å². The first-order valence-corrected chi connectivity index (χ1v) is 11.9. The number of hydrogen-bond donors (Lipinski definition) is 2. The van der Waals surface area contributed by atoms with Gasteiger partial charge in [0.05, 0.1) is 37.1 Å². The van der Waals surface area contributed by atoms with Gasteiger partial charge in [0.1, 0.15) is 11.2 Å². The van der Waals surface area contributed by atoms with Gasteiger partial charge in [0.25, 0.3) is 0 Å². The van der Waals surface area contributed by atoms with Crippen LogP contribution in [0.15, 0.2) is 4.99 Å². The molecular formula is C24H37NO7. The van der Waals surface area contributed by atoms with Crippen molar-refractivity contribution in [3.05, 3.63) is 0 Å². The topological polar surface area (TPSA) is 99.0 Å². The molecule has 1 unspecified atom stereocenters. The summed E-state index contributed by atoms with van der Waals surface area (Å²) in [5.74, 6) is -0.0448. The van der Waals surface area contributed by atoms with Crippen molar-refractivity contribution in [2.45, 2.75) is 67.3 Å². The molecule has 8 nitrogen and oxygen atoms in total. The van der Waals surface area contributed by atoms with Crippen molar-refractivity contribution >= 4 is 6.21 Å². The molecule has 1 spiro atoms. The Morgan fingerprint density at radius 1 is 1.03 bits per heavy atom. The van der Waals surface area contributed by atoms with Gasteiger partial charge in [0.2, 0.25) is 0 Å². The fourth-order valence-electron chi connectivity index (χ4n) is 10.2. The zero-order valence-corrected chi connectivity index (χ0v) is 19.7. The Labute approximate surface area is 189 Å². The summed E-state index contributed by atoms with van der Waals surface area (Å²) in [5, 5.41) is 25.2. The van der Waals surface area contributed by atoms with Crippen LogP contribution in [0.3, 0.4) is 0 Å². The standard InChI is InChI=1S/C24H37NO7/c1-28-11-21-7-6-15(30-3)23-13-8-12-14(29-2)9-22(26,16(13)17(12)31-4)24(27,20(23)25-10-21)19(32-5)18(21)23/h10,12-20,26-27H,6-9,11H2,1-5H3/t12-,13-,14+,15+,16-,17+,18-,19+,20?,21+,22-,23+,24-/m1/s1. The summed E-state index contributed by atoms with van der Waals surface area (Å²) in [6, 6.07) is -0.502.